The summed E-state index contributed by atoms with van der Waals surface area (Å²) >= 11 is 3.35. The Labute approximate surface area is 133 Å². The van der Waals surface area contributed by atoms with Gasteiger partial charge in [-0.2, -0.15) is 13.2 Å². The summed E-state index contributed by atoms with van der Waals surface area (Å²) in [5, 5.41) is 12.2. The van der Waals surface area contributed by atoms with E-state index < -0.39 is 17.5 Å². The smallest absolute Gasteiger partial charge is 0.420 e. The van der Waals surface area contributed by atoms with Crippen molar-refractivity contribution in [1.29, 1.82) is 0 Å². The zero-order valence-electron chi connectivity index (χ0n) is 11.5. The first kappa shape index (κ1) is 16.5. The zero-order valence-corrected chi connectivity index (χ0v) is 13.1. The number of aromatic hydroxyl groups is 1. The highest BCUT2D eigenvalue weighted by Crippen LogP contribution is 2.39. The van der Waals surface area contributed by atoms with Gasteiger partial charge in [0.1, 0.15) is 23.7 Å². The summed E-state index contributed by atoms with van der Waals surface area (Å²) in [7, 11) is 1.72. The minimum absolute atomic E-state index is 0.0501. The van der Waals surface area contributed by atoms with Crippen molar-refractivity contribution in [3.8, 4) is 11.5 Å². The molecule has 0 radical (unpaired) electrons. The van der Waals surface area contributed by atoms with Gasteiger partial charge in [0, 0.05) is 22.8 Å². The lowest BCUT2D eigenvalue weighted by atomic mass is 10.1. The molecule has 0 unspecified atom stereocenters. The van der Waals surface area contributed by atoms with E-state index in [2.05, 4.69) is 21.2 Å². The number of phenolic OH excluding ortho intramolecular Hbond substituents is 1. The molecule has 22 heavy (non-hydrogen) atoms. The molecule has 2 rings (SSSR count). The number of nitrogens with one attached hydrogen (secondary N) is 1. The number of hydrogen-bond acceptors (Lipinski definition) is 3. The number of ether oxygens (including phenoxy) is 1. The Morgan fingerprint density at radius 2 is 1.95 bits per heavy atom. The molecule has 0 bridgehead atoms. The van der Waals surface area contributed by atoms with Crippen molar-refractivity contribution >= 4 is 21.6 Å². The highest BCUT2D eigenvalue weighted by Gasteiger charge is 2.35. The van der Waals surface area contributed by atoms with E-state index in [-0.39, 0.29) is 12.4 Å². The van der Waals surface area contributed by atoms with Crippen molar-refractivity contribution < 1.29 is 23.0 Å². The lowest BCUT2D eigenvalue weighted by Gasteiger charge is -2.16. The lowest BCUT2D eigenvalue weighted by Crippen LogP contribution is -2.09. The fourth-order valence-electron chi connectivity index (χ4n) is 1.95. The molecule has 0 atom stereocenters. The van der Waals surface area contributed by atoms with E-state index in [0.29, 0.717) is 11.6 Å². The molecule has 0 heterocycles. The Morgan fingerprint density at radius 3 is 2.59 bits per heavy atom. The van der Waals surface area contributed by atoms with Crippen molar-refractivity contribution in [1.82, 2.24) is 0 Å². The zero-order chi connectivity index (χ0) is 16.3. The molecule has 0 aromatic heterocycles. The van der Waals surface area contributed by atoms with Crippen LogP contribution in [0.4, 0.5) is 18.9 Å². The highest BCUT2D eigenvalue weighted by atomic mass is 79.9. The third-order valence-electron chi connectivity index (χ3n) is 3.03. The molecule has 7 heteroatoms. The number of benzene rings is 2. The molecule has 0 aliphatic heterocycles. The minimum Gasteiger partial charge on any atom is -0.508 e. The van der Waals surface area contributed by atoms with Gasteiger partial charge in [0.25, 0.3) is 0 Å². The molecule has 0 spiro atoms. The number of anilines is 1. The van der Waals surface area contributed by atoms with E-state index >= 15 is 0 Å². The van der Waals surface area contributed by atoms with Crippen molar-refractivity contribution in [2.75, 3.05) is 12.4 Å². The van der Waals surface area contributed by atoms with Gasteiger partial charge in [-0.3, -0.25) is 0 Å². The van der Waals surface area contributed by atoms with Crippen LogP contribution in [0.3, 0.4) is 0 Å². The summed E-state index contributed by atoms with van der Waals surface area (Å²) in [6, 6.07) is 8.29. The van der Waals surface area contributed by atoms with Crippen LogP contribution in [-0.2, 0) is 12.8 Å². The average molecular weight is 376 g/mol. The maximum atomic E-state index is 13.0. The van der Waals surface area contributed by atoms with Crippen molar-refractivity contribution in [2.24, 2.45) is 0 Å². The third-order valence-corrected chi connectivity index (χ3v) is 3.77. The number of halogens is 4. The van der Waals surface area contributed by atoms with Crippen LogP contribution in [-0.4, -0.2) is 12.2 Å². The van der Waals surface area contributed by atoms with Crippen LogP contribution in [0.15, 0.2) is 40.9 Å². The monoisotopic (exact) mass is 375 g/mol. The lowest BCUT2D eigenvalue weighted by molar-refractivity contribution is -0.139. The fourth-order valence-corrected chi connectivity index (χ4v) is 2.44. The van der Waals surface area contributed by atoms with Gasteiger partial charge in [0.05, 0.1) is 0 Å². The van der Waals surface area contributed by atoms with Crippen LogP contribution < -0.4 is 10.1 Å². The second-order valence-corrected chi connectivity index (χ2v) is 5.34. The molecule has 0 fully saturated rings. The van der Waals surface area contributed by atoms with Crippen molar-refractivity contribution in [2.45, 2.75) is 12.8 Å². The molecule has 0 aliphatic rings. The number of phenols is 1. The van der Waals surface area contributed by atoms with Gasteiger partial charge in [-0.25, -0.2) is 0 Å². The van der Waals surface area contributed by atoms with Crippen molar-refractivity contribution in [3.05, 3.63) is 52.0 Å². The largest absolute Gasteiger partial charge is 0.508 e. The van der Waals surface area contributed by atoms with Crippen LogP contribution >= 0.6 is 15.9 Å². The molecule has 0 saturated heterocycles. The summed E-state index contributed by atoms with van der Waals surface area (Å²) in [4.78, 5) is 0. The average Bonchev–Trinajstić information content (AvgIpc) is 2.45. The van der Waals surface area contributed by atoms with E-state index in [1.165, 1.54) is 0 Å². The SMILES string of the molecule is CNc1cccc(Br)c1COc1ccc(O)cc1C(F)(F)F. The summed E-state index contributed by atoms with van der Waals surface area (Å²) in [5.74, 6) is -0.792. The number of rotatable bonds is 4. The van der Waals surface area contributed by atoms with Gasteiger partial charge >= 0.3 is 6.18 Å². The first-order valence-electron chi connectivity index (χ1n) is 6.31. The Kier molecular flexibility index (Phi) is 4.85. The van der Waals surface area contributed by atoms with E-state index in [0.717, 1.165) is 22.3 Å². The summed E-state index contributed by atoms with van der Waals surface area (Å²) in [6.07, 6.45) is -4.60. The predicted octanol–water partition coefficient (Wildman–Crippen LogP) is 4.79. The second-order valence-electron chi connectivity index (χ2n) is 4.48. The summed E-state index contributed by atoms with van der Waals surface area (Å²) in [6.45, 7) is -0.0501. The van der Waals surface area contributed by atoms with Gasteiger partial charge in [-0.1, -0.05) is 22.0 Å². The van der Waals surface area contributed by atoms with E-state index in [1.807, 2.05) is 0 Å². The topological polar surface area (TPSA) is 41.5 Å². The Bertz CT molecular complexity index is 674. The first-order valence-corrected chi connectivity index (χ1v) is 7.10. The van der Waals surface area contributed by atoms with Crippen LogP contribution in [0.25, 0.3) is 0 Å². The van der Waals surface area contributed by atoms with Gasteiger partial charge < -0.3 is 15.2 Å². The molecular formula is C15H13BrF3NO2. The first-order chi connectivity index (χ1) is 10.3. The molecule has 2 aromatic rings. The van der Waals surface area contributed by atoms with E-state index in [1.54, 1.807) is 25.2 Å². The predicted molar refractivity (Wildman–Crippen MR) is 81.1 cm³/mol. The molecular weight excluding hydrogens is 363 g/mol. The minimum atomic E-state index is -4.60. The van der Waals surface area contributed by atoms with Gasteiger partial charge in [0.2, 0.25) is 0 Å². The maximum absolute atomic E-state index is 13.0. The fraction of sp³-hybridized carbons (Fsp3) is 0.200. The summed E-state index contributed by atoms with van der Waals surface area (Å²) < 4.78 is 45.0. The quantitative estimate of drug-likeness (QED) is 0.806. The standard InChI is InChI=1S/C15H13BrF3NO2/c1-20-13-4-2-3-12(16)10(13)8-22-14-6-5-9(21)7-11(14)15(17,18)19/h2-7,20-21H,8H2,1H3. The number of alkyl halides is 3. The molecule has 2 N–H and O–H groups in total. The second kappa shape index (κ2) is 6.48. The van der Waals surface area contributed by atoms with Crippen LogP contribution in [0.2, 0.25) is 0 Å². The van der Waals surface area contributed by atoms with E-state index in [9.17, 15) is 18.3 Å². The molecule has 0 amide bonds. The van der Waals surface area contributed by atoms with E-state index in [4.69, 9.17) is 4.74 Å². The van der Waals surface area contributed by atoms with Crippen LogP contribution in [0.5, 0.6) is 11.5 Å². The molecule has 2 aromatic carbocycles. The Hall–Kier alpha value is -1.89. The molecule has 0 saturated carbocycles. The maximum Gasteiger partial charge on any atom is 0.420 e. The Morgan fingerprint density at radius 1 is 1.23 bits per heavy atom. The molecule has 118 valence electrons. The summed E-state index contributed by atoms with van der Waals surface area (Å²) in [5.41, 5.74) is 0.443. The normalized spacial score (nSPS) is 11.3. The Balaban J connectivity index is 2.30. The number of hydrogen-bond donors (Lipinski definition) is 2. The molecule has 3 nitrogen and oxygen atoms in total. The van der Waals surface area contributed by atoms with Crippen molar-refractivity contribution in [3.63, 3.8) is 0 Å². The third kappa shape index (κ3) is 3.65. The highest BCUT2D eigenvalue weighted by molar-refractivity contribution is 9.10. The van der Waals surface area contributed by atoms with Gasteiger partial charge in [-0.05, 0) is 30.3 Å². The van der Waals surface area contributed by atoms with Crippen LogP contribution in [0, 0.1) is 0 Å². The molecule has 0 aliphatic carbocycles. The van der Waals surface area contributed by atoms with Gasteiger partial charge in [0.15, 0.2) is 0 Å². The van der Waals surface area contributed by atoms with Gasteiger partial charge in [-0.15, -0.1) is 0 Å². The van der Waals surface area contributed by atoms with Crippen LogP contribution in [0.1, 0.15) is 11.1 Å².